The summed E-state index contributed by atoms with van der Waals surface area (Å²) < 4.78 is 0. The molecule has 1 heteroatoms. The number of rotatable bonds is 7. The second-order valence-electron chi connectivity index (χ2n) is 6.70. The summed E-state index contributed by atoms with van der Waals surface area (Å²) in [6.07, 6.45) is 7.37. The van der Waals surface area contributed by atoms with Crippen molar-refractivity contribution >= 4 is 0 Å². The smallest absolute Gasteiger partial charge is 0.118 e. The molecular weight excluding hydrogens is 232 g/mol. The number of para-hydroxylation sites is 1. The lowest BCUT2D eigenvalue weighted by Crippen LogP contribution is -2.19. The van der Waals surface area contributed by atoms with Crippen LogP contribution in [0, 0.1) is 11.3 Å². The lowest BCUT2D eigenvalue weighted by atomic mass is 9.76. The number of aryl methyl sites for hydroxylation is 1. The Kier molecular flexibility index (Phi) is 6.41. The third-order valence-electron chi connectivity index (χ3n) is 4.21. The lowest BCUT2D eigenvalue weighted by molar-refractivity contribution is 0.213. The van der Waals surface area contributed by atoms with Crippen molar-refractivity contribution in [3.63, 3.8) is 0 Å². The molecule has 0 heterocycles. The topological polar surface area (TPSA) is 20.2 Å². The molecule has 1 aromatic rings. The van der Waals surface area contributed by atoms with Crippen LogP contribution in [0.25, 0.3) is 0 Å². The molecule has 0 aliphatic heterocycles. The minimum atomic E-state index is 0.437. The van der Waals surface area contributed by atoms with E-state index in [1.54, 1.807) is 6.07 Å². The quantitative estimate of drug-likeness (QED) is 0.637. The Morgan fingerprint density at radius 2 is 1.74 bits per heavy atom. The van der Waals surface area contributed by atoms with Crippen LogP contribution in [0.15, 0.2) is 24.3 Å². The maximum absolute atomic E-state index is 9.70. The van der Waals surface area contributed by atoms with E-state index in [2.05, 4.69) is 27.7 Å². The van der Waals surface area contributed by atoms with E-state index in [0.29, 0.717) is 11.2 Å². The number of hydrogen-bond donors (Lipinski definition) is 1. The fourth-order valence-electron chi connectivity index (χ4n) is 2.85. The minimum Gasteiger partial charge on any atom is -0.508 e. The van der Waals surface area contributed by atoms with Crippen molar-refractivity contribution in [1.29, 1.82) is 0 Å². The Labute approximate surface area is 119 Å². The van der Waals surface area contributed by atoms with Gasteiger partial charge >= 0.3 is 0 Å². The lowest BCUT2D eigenvalue weighted by Gasteiger charge is -2.29. The van der Waals surface area contributed by atoms with Crippen molar-refractivity contribution in [2.75, 3.05) is 0 Å². The zero-order chi connectivity index (χ0) is 14.3. The van der Waals surface area contributed by atoms with Gasteiger partial charge in [0.2, 0.25) is 0 Å². The number of hydrogen-bond acceptors (Lipinski definition) is 1. The molecule has 1 N–H and O–H groups in total. The Morgan fingerprint density at radius 1 is 1.05 bits per heavy atom. The molecule has 0 fully saturated rings. The fraction of sp³-hybridized carbons (Fsp3) is 0.667. The zero-order valence-electron chi connectivity index (χ0n) is 13.1. The molecule has 0 spiro atoms. The molecule has 1 unspecified atom stereocenters. The van der Waals surface area contributed by atoms with Crippen molar-refractivity contribution in [3.05, 3.63) is 29.8 Å². The first kappa shape index (κ1) is 16.1. The highest BCUT2D eigenvalue weighted by atomic mass is 16.3. The van der Waals surface area contributed by atoms with Crippen LogP contribution >= 0.6 is 0 Å². The van der Waals surface area contributed by atoms with Gasteiger partial charge in [-0.25, -0.2) is 0 Å². The van der Waals surface area contributed by atoms with E-state index in [1.807, 2.05) is 18.2 Å². The van der Waals surface area contributed by atoms with E-state index in [9.17, 15) is 5.11 Å². The monoisotopic (exact) mass is 262 g/mol. The third-order valence-corrected chi connectivity index (χ3v) is 4.21. The molecule has 0 radical (unpaired) electrons. The van der Waals surface area contributed by atoms with Gasteiger partial charge in [0.05, 0.1) is 0 Å². The molecule has 19 heavy (non-hydrogen) atoms. The van der Waals surface area contributed by atoms with Crippen LogP contribution in [0.3, 0.4) is 0 Å². The number of phenolic OH excluding ortho intramolecular Hbond substituents is 1. The predicted octanol–water partition coefficient (Wildman–Crippen LogP) is 5.57. The van der Waals surface area contributed by atoms with Gasteiger partial charge in [0, 0.05) is 0 Å². The van der Waals surface area contributed by atoms with Crippen LogP contribution in [0.1, 0.15) is 65.4 Å². The molecule has 1 nitrogen and oxygen atoms in total. The van der Waals surface area contributed by atoms with Crippen molar-refractivity contribution in [2.24, 2.45) is 11.3 Å². The number of phenols is 1. The van der Waals surface area contributed by atoms with Crippen molar-refractivity contribution < 1.29 is 5.11 Å². The third kappa shape index (κ3) is 5.67. The van der Waals surface area contributed by atoms with Gasteiger partial charge in [-0.05, 0) is 42.2 Å². The molecule has 0 aromatic heterocycles. The summed E-state index contributed by atoms with van der Waals surface area (Å²) in [5, 5.41) is 9.70. The van der Waals surface area contributed by atoms with E-state index in [4.69, 9.17) is 0 Å². The molecule has 108 valence electrons. The second kappa shape index (κ2) is 7.57. The number of benzene rings is 1. The minimum absolute atomic E-state index is 0.437. The van der Waals surface area contributed by atoms with Crippen LogP contribution < -0.4 is 0 Å². The molecule has 0 aliphatic carbocycles. The maximum Gasteiger partial charge on any atom is 0.118 e. The van der Waals surface area contributed by atoms with Crippen molar-refractivity contribution in [2.45, 2.75) is 66.2 Å². The van der Waals surface area contributed by atoms with E-state index < -0.39 is 0 Å². The van der Waals surface area contributed by atoms with Crippen LogP contribution in [0.2, 0.25) is 0 Å². The summed E-state index contributed by atoms with van der Waals surface area (Å²) in [6, 6.07) is 7.69. The second-order valence-corrected chi connectivity index (χ2v) is 6.70. The van der Waals surface area contributed by atoms with E-state index in [0.717, 1.165) is 17.9 Å². The Balaban J connectivity index is 2.23. The highest BCUT2D eigenvalue weighted by Crippen LogP contribution is 2.32. The molecule has 1 atom stereocenters. The highest BCUT2D eigenvalue weighted by Gasteiger charge is 2.21. The molecule has 0 saturated carbocycles. The van der Waals surface area contributed by atoms with Gasteiger partial charge in [-0.15, -0.1) is 0 Å². The first-order chi connectivity index (χ1) is 8.95. The number of aromatic hydroxyl groups is 1. The fourth-order valence-corrected chi connectivity index (χ4v) is 2.85. The molecule has 0 amide bonds. The summed E-state index contributed by atoms with van der Waals surface area (Å²) in [6.45, 7) is 9.35. The van der Waals surface area contributed by atoms with Crippen LogP contribution in [-0.4, -0.2) is 5.11 Å². The average molecular weight is 262 g/mol. The summed E-state index contributed by atoms with van der Waals surface area (Å²) in [4.78, 5) is 0. The summed E-state index contributed by atoms with van der Waals surface area (Å²) in [7, 11) is 0. The van der Waals surface area contributed by atoms with Gasteiger partial charge in [0.15, 0.2) is 0 Å². The Bertz CT molecular complexity index is 362. The maximum atomic E-state index is 9.70. The van der Waals surface area contributed by atoms with Crippen molar-refractivity contribution in [1.82, 2.24) is 0 Å². The van der Waals surface area contributed by atoms with E-state index in [-0.39, 0.29) is 0 Å². The Morgan fingerprint density at radius 3 is 2.32 bits per heavy atom. The van der Waals surface area contributed by atoms with E-state index >= 15 is 0 Å². The molecule has 0 aliphatic rings. The largest absolute Gasteiger partial charge is 0.508 e. The first-order valence-corrected chi connectivity index (χ1v) is 7.72. The first-order valence-electron chi connectivity index (χ1n) is 7.72. The van der Waals surface area contributed by atoms with Crippen LogP contribution in [0.5, 0.6) is 5.75 Å². The van der Waals surface area contributed by atoms with Gasteiger partial charge in [-0.3, -0.25) is 0 Å². The normalized spacial score (nSPS) is 13.5. The highest BCUT2D eigenvalue weighted by molar-refractivity contribution is 5.31. The molecule has 0 bridgehead atoms. The SMILES string of the molecule is CCC(CCCCCc1ccccc1O)C(C)(C)C. The summed E-state index contributed by atoms with van der Waals surface area (Å²) in [5.74, 6) is 1.28. The number of unbranched alkanes of at least 4 members (excludes halogenated alkanes) is 2. The zero-order valence-corrected chi connectivity index (χ0v) is 13.1. The van der Waals surface area contributed by atoms with Gasteiger partial charge < -0.3 is 5.11 Å². The molecular formula is C18H30O. The van der Waals surface area contributed by atoms with Crippen molar-refractivity contribution in [3.8, 4) is 5.75 Å². The summed E-state index contributed by atoms with van der Waals surface area (Å²) >= 11 is 0. The van der Waals surface area contributed by atoms with Crippen LogP contribution in [0.4, 0.5) is 0 Å². The molecule has 0 saturated heterocycles. The average Bonchev–Trinajstić information content (AvgIpc) is 2.34. The standard InChI is InChI=1S/C18H30O/c1-5-16(18(2,3)4)13-8-6-7-11-15-12-9-10-14-17(15)19/h9-10,12,14,16,19H,5-8,11,13H2,1-4H3. The van der Waals surface area contributed by atoms with Gasteiger partial charge in [-0.1, -0.05) is 65.2 Å². The Hall–Kier alpha value is -0.980. The molecule has 1 rings (SSSR count). The van der Waals surface area contributed by atoms with Crippen LogP contribution in [-0.2, 0) is 6.42 Å². The molecule has 1 aromatic carbocycles. The van der Waals surface area contributed by atoms with Gasteiger partial charge in [-0.2, -0.15) is 0 Å². The van der Waals surface area contributed by atoms with Gasteiger partial charge in [0.1, 0.15) is 5.75 Å². The summed E-state index contributed by atoms with van der Waals surface area (Å²) in [5.41, 5.74) is 1.53. The van der Waals surface area contributed by atoms with Gasteiger partial charge in [0.25, 0.3) is 0 Å². The predicted molar refractivity (Wildman–Crippen MR) is 83.5 cm³/mol. The van der Waals surface area contributed by atoms with E-state index in [1.165, 1.54) is 32.1 Å².